The Balaban J connectivity index is 1.88. The van der Waals surface area contributed by atoms with Gasteiger partial charge in [-0.2, -0.15) is 26.3 Å². The summed E-state index contributed by atoms with van der Waals surface area (Å²) in [6.45, 7) is 0. The molecule has 1 aromatic carbocycles. The van der Waals surface area contributed by atoms with Gasteiger partial charge in [-0.3, -0.25) is 0 Å². The number of anilines is 2. The Morgan fingerprint density at radius 3 is 2.40 bits per heavy atom. The number of aromatic nitrogens is 3. The molecule has 0 spiro atoms. The van der Waals surface area contributed by atoms with Gasteiger partial charge in [-0.1, -0.05) is 43.2 Å². The lowest BCUT2D eigenvalue weighted by Crippen LogP contribution is -2.42. The number of nitrogens with zero attached hydrogens (tertiary/aromatic N) is 3. The van der Waals surface area contributed by atoms with E-state index in [0.29, 0.717) is 24.5 Å². The van der Waals surface area contributed by atoms with Crippen LogP contribution in [0.5, 0.6) is 0 Å². The molecule has 2 atom stereocenters. The fourth-order valence-corrected chi connectivity index (χ4v) is 3.96. The maximum absolute atomic E-state index is 13.8. The Bertz CT molecular complexity index is 1180. The minimum absolute atomic E-state index is 0.0469. The number of nitrogens with two attached hydrogens (primary N) is 1. The van der Waals surface area contributed by atoms with Crippen LogP contribution in [0.3, 0.4) is 0 Å². The minimum Gasteiger partial charge on any atom is -0.416 e. The SMILES string of the molecule is Nc1cc(C(F)(F)F)c2nc1-c1nnc(o1)C(O)(C(F)(F)F)CCCCCC(c1ccccc1)N2. The van der Waals surface area contributed by atoms with Crippen LogP contribution in [0, 0.1) is 0 Å². The topological polar surface area (TPSA) is 110 Å². The van der Waals surface area contributed by atoms with Crippen LogP contribution in [0.1, 0.15) is 55.2 Å². The zero-order valence-corrected chi connectivity index (χ0v) is 18.1. The maximum Gasteiger partial charge on any atom is 0.426 e. The van der Waals surface area contributed by atoms with E-state index in [4.69, 9.17) is 10.2 Å². The smallest absolute Gasteiger partial charge is 0.416 e. The molecule has 1 aliphatic rings. The number of alkyl halides is 6. The first-order chi connectivity index (χ1) is 16.4. The van der Waals surface area contributed by atoms with Crippen LogP contribution in [-0.2, 0) is 11.8 Å². The molecular formula is C22H21F6N5O2. The van der Waals surface area contributed by atoms with E-state index in [1.807, 2.05) is 0 Å². The van der Waals surface area contributed by atoms with E-state index in [1.165, 1.54) is 0 Å². The van der Waals surface area contributed by atoms with Crippen LogP contribution in [0.15, 0.2) is 40.8 Å². The van der Waals surface area contributed by atoms with Crippen molar-refractivity contribution in [2.45, 2.75) is 56.1 Å². The number of benzene rings is 1. The normalized spacial score (nSPS) is 21.7. The second-order valence-corrected chi connectivity index (χ2v) is 8.30. The van der Waals surface area contributed by atoms with Crippen LogP contribution in [-0.4, -0.2) is 26.5 Å². The van der Waals surface area contributed by atoms with Crippen molar-refractivity contribution in [1.29, 1.82) is 0 Å². The summed E-state index contributed by atoms with van der Waals surface area (Å²) in [5.41, 5.74) is 0.881. The first-order valence-corrected chi connectivity index (χ1v) is 10.7. The summed E-state index contributed by atoms with van der Waals surface area (Å²) >= 11 is 0. The molecule has 2 aromatic heterocycles. The van der Waals surface area contributed by atoms with Gasteiger partial charge in [0.25, 0.3) is 11.8 Å². The van der Waals surface area contributed by atoms with Crippen molar-refractivity contribution in [2.75, 3.05) is 11.1 Å². The molecule has 1 aliphatic heterocycles. The number of pyridine rings is 1. The summed E-state index contributed by atoms with van der Waals surface area (Å²) in [6.07, 6.45) is -9.82. The van der Waals surface area contributed by atoms with Crippen molar-refractivity contribution in [3.05, 3.63) is 53.4 Å². The highest BCUT2D eigenvalue weighted by atomic mass is 19.4. The van der Waals surface area contributed by atoms with Crippen LogP contribution in [0.4, 0.5) is 37.8 Å². The molecule has 0 aliphatic carbocycles. The van der Waals surface area contributed by atoms with Crippen molar-refractivity contribution >= 4 is 11.5 Å². The monoisotopic (exact) mass is 501 g/mol. The highest BCUT2D eigenvalue weighted by Crippen LogP contribution is 2.44. The summed E-state index contributed by atoms with van der Waals surface area (Å²) in [4.78, 5) is 3.94. The third kappa shape index (κ3) is 4.90. The first kappa shape index (κ1) is 24.8. The lowest BCUT2D eigenvalue weighted by molar-refractivity contribution is -0.277. The van der Waals surface area contributed by atoms with Crippen LogP contribution >= 0.6 is 0 Å². The lowest BCUT2D eigenvalue weighted by atomic mass is 9.93. The predicted octanol–water partition coefficient (Wildman–Crippen LogP) is 5.60. The Kier molecular flexibility index (Phi) is 6.38. The Morgan fingerprint density at radius 2 is 1.74 bits per heavy atom. The maximum atomic E-state index is 13.8. The molecule has 4 N–H and O–H groups in total. The molecule has 0 fully saturated rings. The van der Waals surface area contributed by atoms with E-state index in [0.717, 1.165) is 0 Å². The Hall–Kier alpha value is -3.35. The van der Waals surface area contributed by atoms with E-state index in [9.17, 15) is 31.4 Å². The van der Waals surface area contributed by atoms with E-state index >= 15 is 0 Å². The van der Waals surface area contributed by atoms with E-state index in [2.05, 4.69) is 20.5 Å². The number of halogens is 6. The highest BCUT2D eigenvalue weighted by Gasteiger charge is 2.58. The number of hydrogen-bond acceptors (Lipinski definition) is 7. The number of hydrogen-bond donors (Lipinski definition) is 3. The van der Waals surface area contributed by atoms with Crippen LogP contribution in [0.25, 0.3) is 11.6 Å². The molecular weight excluding hydrogens is 480 g/mol. The molecule has 0 amide bonds. The number of nitrogens with one attached hydrogen (secondary N) is 1. The first-order valence-electron chi connectivity index (χ1n) is 10.7. The van der Waals surface area contributed by atoms with Gasteiger partial charge in [-0.25, -0.2) is 4.98 Å². The molecule has 3 heterocycles. The van der Waals surface area contributed by atoms with Gasteiger partial charge in [0.2, 0.25) is 5.60 Å². The van der Waals surface area contributed by atoms with Crippen LogP contribution < -0.4 is 11.1 Å². The van der Waals surface area contributed by atoms with Gasteiger partial charge in [-0.05, 0) is 30.9 Å². The molecule has 0 radical (unpaired) electrons. The van der Waals surface area contributed by atoms with E-state index in [-0.39, 0.29) is 12.8 Å². The van der Waals surface area contributed by atoms with Gasteiger partial charge >= 0.3 is 12.4 Å². The van der Waals surface area contributed by atoms with Gasteiger partial charge in [0, 0.05) is 0 Å². The van der Waals surface area contributed by atoms with E-state index < -0.39 is 65.0 Å². The second kappa shape index (κ2) is 9.02. The molecule has 0 saturated carbocycles. The third-order valence-corrected chi connectivity index (χ3v) is 5.85. The van der Waals surface area contributed by atoms with Crippen molar-refractivity contribution < 1.29 is 35.9 Å². The van der Waals surface area contributed by atoms with Gasteiger partial charge in [0.05, 0.1) is 17.3 Å². The quantitative estimate of drug-likeness (QED) is 0.373. The molecule has 0 saturated heterocycles. The Labute approximate surface area is 195 Å². The standard InChI is InChI=1S/C22H21F6N5O2/c23-21(24,25)13-11-14(29)16-18-32-33-19(35-18)20(34,22(26,27)28)10-6-2-5-9-15(30-17(13)31-16)12-7-3-1-4-8-12/h1,3-4,7-8,11,15,34H,2,5-6,9-10,29H2,(H,30,31). The summed E-state index contributed by atoms with van der Waals surface area (Å²) < 4.78 is 87.9. The summed E-state index contributed by atoms with van der Waals surface area (Å²) in [5.74, 6) is -2.36. The minimum atomic E-state index is -5.13. The number of rotatable bonds is 1. The molecule has 7 nitrogen and oxygen atoms in total. The lowest BCUT2D eigenvalue weighted by Gasteiger charge is -2.27. The zero-order valence-electron chi connectivity index (χ0n) is 18.1. The van der Waals surface area contributed by atoms with Crippen molar-refractivity contribution in [3.8, 4) is 11.6 Å². The van der Waals surface area contributed by atoms with Gasteiger partial charge in [0.1, 0.15) is 5.82 Å². The fraction of sp³-hybridized carbons (Fsp3) is 0.409. The third-order valence-electron chi connectivity index (χ3n) is 5.85. The fourth-order valence-electron chi connectivity index (χ4n) is 3.96. The van der Waals surface area contributed by atoms with Crippen molar-refractivity contribution in [1.82, 2.24) is 15.2 Å². The van der Waals surface area contributed by atoms with Crippen molar-refractivity contribution in [2.24, 2.45) is 0 Å². The molecule has 2 unspecified atom stereocenters. The number of aliphatic hydroxyl groups is 1. The second-order valence-electron chi connectivity index (χ2n) is 8.30. The summed E-state index contributed by atoms with van der Waals surface area (Å²) in [5, 5.41) is 20.1. The van der Waals surface area contributed by atoms with Gasteiger partial charge < -0.3 is 20.6 Å². The predicted molar refractivity (Wildman–Crippen MR) is 113 cm³/mol. The number of nitrogen functional groups attached to an aromatic ring is 1. The average molecular weight is 501 g/mol. The summed E-state index contributed by atoms with van der Waals surface area (Å²) in [6, 6.07) is 8.61. The number of fused-ring (bicyclic) bond motifs is 5. The molecule has 13 heteroatoms. The Morgan fingerprint density at radius 1 is 1.03 bits per heavy atom. The average Bonchev–Trinajstić information content (AvgIpc) is 3.27. The molecule has 4 rings (SSSR count). The highest BCUT2D eigenvalue weighted by molar-refractivity contribution is 5.71. The van der Waals surface area contributed by atoms with Gasteiger partial charge in [0.15, 0.2) is 5.69 Å². The zero-order chi connectivity index (χ0) is 25.4. The van der Waals surface area contributed by atoms with E-state index in [1.54, 1.807) is 30.3 Å². The summed E-state index contributed by atoms with van der Waals surface area (Å²) in [7, 11) is 0. The molecule has 188 valence electrons. The molecule has 3 aromatic rings. The van der Waals surface area contributed by atoms with Crippen LogP contribution in [0.2, 0.25) is 0 Å². The molecule has 35 heavy (non-hydrogen) atoms. The van der Waals surface area contributed by atoms with Gasteiger partial charge in [-0.15, -0.1) is 10.2 Å². The van der Waals surface area contributed by atoms with Crippen molar-refractivity contribution in [3.63, 3.8) is 0 Å². The molecule has 4 bridgehead atoms. The largest absolute Gasteiger partial charge is 0.426 e.